The fraction of sp³-hybridized carbons (Fsp3) is 0.235. The lowest BCUT2D eigenvalue weighted by atomic mass is 10.0. The molecule has 106 valence electrons. The van der Waals surface area contributed by atoms with Gasteiger partial charge >= 0.3 is 0 Å². The number of aromatic nitrogens is 3. The summed E-state index contributed by atoms with van der Waals surface area (Å²) < 4.78 is 0. The van der Waals surface area contributed by atoms with E-state index < -0.39 is 0 Å². The monoisotopic (exact) mass is 278 g/mol. The molecule has 1 aromatic carbocycles. The Kier molecular flexibility index (Phi) is 4.05. The molecule has 0 aliphatic carbocycles. The Hall–Kier alpha value is -2.49. The Bertz CT molecular complexity index is 734. The number of pyridine rings is 1. The third-order valence-corrected chi connectivity index (χ3v) is 3.41. The van der Waals surface area contributed by atoms with Gasteiger partial charge in [-0.25, -0.2) is 4.98 Å². The second-order valence-corrected chi connectivity index (χ2v) is 4.94. The quantitative estimate of drug-likeness (QED) is 0.776. The highest BCUT2D eigenvalue weighted by Gasteiger charge is 2.08. The molecule has 0 unspecified atom stereocenters. The largest absolute Gasteiger partial charge is 0.369 e. The molecule has 0 aliphatic rings. The van der Waals surface area contributed by atoms with Crippen LogP contribution < -0.4 is 5.32 Å². The zero-order valence-electron chi connectivity index (χ0n) is 12.1. The zero-order valence-corrected chi connectivity index (χ0v) is 12.1. The summed E-state index contributed by atoms with van der Waals surface area (Å²) in [6.45, 7) is 3.04. The molecular formula is C17H18N4. The molecule has 3 aromatic rings. The lowest BCUT2D eigenvalue weighted by Gasteiger charge is -2.10. The van der Waals surface area contributed by atoms with Gasteiger partial charge in [-0.2, -0.15) is 0 Å². The number of rotatable bonds is 5. The van der Waals surface area contributed by atoms with Crippen LogP contribution in [0.15, 0.2) is 48.9 Å². The fourth-order valence-corrected chi connectivity index (χ4v) is 2.38. The highest BCUT2D eigenvalue weighted by Crippen LogP contribution is 2.21. The molecule has 0 saturated heterocycles. The molecular weight excluding hydrogens is 260 g/mol. The maximum Gasteiger partial charge on any atom is 0.148 e. The predicted octanol–water partition coefficient (Wildman–Crippen LogP) is 3.44. The van der Waals surface area contributed by atoms with Crippen LogP contribution in [0.4, 0.5) is 5.82 Å². The van der Waals surface area contributed by atoms with Crippen molar-refractivity contribution in [1.82, 2.24) is 15.0 Å². The molecule has 3 rings (SSSR count). The van der Waals surface area contributed by atoms with Crippen molar-refractivity contribution in [3.63, 3.8) is 0 Å². The standard InChI is InChI=1S/C17H18N4/c1-2-8-20-17-16(19-10-11-21-17)12-13-7-9-18-15-6-4-3-5-14(13)15/h3-7,9-11H,2,8,12H2,1H3,(H,20,21). The molecule has 1 N–H and O–H groups in total. The highest BCUT2D eigenvalue weighted by atomic mass is 15.0. The SMILES string of the molecule is CCCNc1nccnc1Cc1ccnc2ccccc12. The molecule has 0 spiro atoms. The van der Waals surface area contributed by atoms with Crippen molar-refractivity contribution in [2.45, 2.75) is 19.8 Å². The molecule has 21 heavy (non-hydrogen) atoms. The smallest absolute Gasteiger partial charge is 0.148 e. The van der Waals surface area contributed by atoms with Gasteiger partial charge in [0.2, 0.25) is 0 Å². The minimum atomic E-state index is 0.753. The molecule has 0 amide bonds. The number of benzene rings is 1. The second kappa shape index (κ2) is 6.31. The average Bonchev–Trinajstić information content (AvgIpc) is 2.54. The number of hydrogen-bond acceptors (Lipinski definition) is 4. The summed E-state index contributed by atoms with van der Waals surface area (Å²) >= 11 is 0. The number of anilines is 1. The van der Waals surface area contributed by atoms with Crippen LogP contribution in [0.2, 0.25) is 0 Å². The van der Waals surface area contributed by atoms with E-state index in [-0.39, 0.29) is 0 Å². The summed E-state index contributed by atoms with van der Waals surface area (Å²) in [6, 6.07) is 10.2. The van der Waals surface area contributed by atoms with Gasteiger partial charge < -0.3 is 5.32 Å². The van der Waals surface area contributed by atoms with E-state index in [0.717, 1.165) is 36.4 Å². The first-order chi connectivity index (χ1) is 10.4. The third-order valence-electron chi connectivity index (χ3n) is 3.41. The van der Waals surface area contributed by atoms with Gasteiger partial charge in [-0.05, 0) is 24.1 Å². The molecule has 0 atom stereocenters. The van der Waals surface area contributed by atoms with Crippen molar-refractivity contribution >= 4 is 16.7 Å². The van der Waals surface area contributed by atoms with Crippen LogP contribution in [0, 0.1) is 0 Å². The number of para-hydroxylation sites is 1. The fourth-order valence-electron chi connectivity index (χ4n) is 2.38. The van der Waals surface area contributed by atoms with Gasteiger partial charge in [0.1, 0.15) is 5.82 Å². The molecule has 4 nitrogen and oxygen atoms in total. The van der Waals surface area contributed by atoms with Crippen molar-refractivity contribution in [3.05, 3.63) is 60.2 Å². The van der Waals surface area contributed by atoms with Crippen molar-refractivity contribution in [2.24, 2.45) is 0 Å². The lowest BCUT2D eigenvalue weighted by Crippen LogP contribution is -2.07. The Labute approximate surface area is 124 Å². The molecule has 0 radical (unpaired) electrons. The van der Waals surface area contributed by atoms with Crippen LogP contribution in [0.25, 0.3) is 10.9 Å². The Balaban J connectivity index is 1.95. The average molecular weight is 278 g/mol. The van der Waals surface area contributed by atoms with E-state index in [1.165, 1.54) is 10.9 Å². The van der Waals surface area contributed by atoms with Crippen LogP contribution in [0.5, 0.6) is 0 Å². The van der Waals surface area contributed by atoms with E-state index >= 15 is 0 Å². The molecule has 4 heteroatoms. The summed E-state index contributed by atoms with van der Waals surface area (Å²) in [5.41, 5.74) is 3.21. The van der Waals surface area contributed by atoms with Crippen molar-refractivity contribution in [2.75, 3.05) is 11.9 Å². The summed E-state index contributed by atoms with van der Waals surface area (Å²) in [6.07, 6.45) is 7.15. The van der Waals surface area contributed by atoms with Crippen LogP contribution in [0.1, 0.15) is 24.6 Å². The number of fused-ring (bicyclic) bond motifs is 1. The highest BCUT2D eigenvalue weighted by molar-refractivity contribution is 5.82. The first-order valence-corrected chi connectivity index (χ1v) is 7.25. The van der Waals surface area contributed by atoms with Gasteiger partial charge in [0, 0.05) is 36.9 Å². The minimum absolute atomic E-state index is 0.753. The van der Waals surface area contributed by atoms with E-state index in [9.17, 15) is 0 Å². The van der Waals surface area contributed by atoms with Gasteiger partial charge in [0.05, 0.1) is 11.2 Å². The third kappa shape index (κ3) is 2.99. The maximum atomic E-state index is 4.49. The van der Waals surface area contributed by atoms with E-state index in [0.29, 0.717) is 0 Å². The second-order valence-electron chi connectivity index (χ2n) is 4.94. The molecule has 0 bridgehead atoms. The van der Waals surface area contributed by atoms with E-state index in [1.807, 2.05) is 24.4 Å². The Morgan fingerprint density at radius 3 is 2.71 bits per heavy atom. The van der Waals surface area contributed by atoms with E-state index in [2.05, 4.69) is 39.3 Å². The van der Waals surface area contributed by atoms with E-state index in [1.54, 1.807) is 12.4 Å². The van der Waals surface area contributed by atoms with Crippen LogP contribution in [0.3, 0.4) is 0 Å². The van der Waals surface area contributed by atoms with Crippen LogP contribution in [-0.4, -0.2) is 21.5 Å². The normalized spacial score (nSPS) is 10.7. The molecule has 0 fully saturated rings. The molecule has 2 heterocycles. The summed E-state index contributed by atoms with van der Waals surface area (Å²) in [5.74, 6) is 0.875. The first kappa shape index (κ1) is 13.5. The molecule has 0 aliphatic heterocycles. The van der Waals surface area contributed by atoms with Crippen LogP contribution >= 0.6 is 0 Å². The van der Waals surface area contributed by atoms with Crippen molar-refractivity contribution < 1.29 is 0 Å². The lowest BCUT2D eigenvalue weighted by molar-refractivity contribution is 0.945. The number of nitrogens with one attached hydrogen (secondary N) is 1. The van der Waals surface area contributed by atoms with Gasteiger partial charge in [-0.3, -0.25) is 9.97 Å². The van der Waals surface area contributed by atoms with E-state index in [4.69, 9.17) is 0 Å². The molecule has 2 aromatic heterocycles. The van der Waals surface area contributed by atoms with Gasteiger partial charge in [-0.1, -0.05) is 25.1 Å². The minimum Gasteiger partial charge on any atom is -0.369 e. The summed E-state index contributed by atoms with van der Waals surface area (Å²) in [4.78, 5) is 13.3. The van der Waals surface area contributed by atoms with Crippen molar-refractivity contribution in [3.8, 4) is 0 Å². The Morgan fingerprint density at radius 1 is 0.952 bits per heavy atom. The van der Waals surface area contributed by atoms with Crippen LogP contribution in [-0.2, 0) is 6.42 Å². The zero-order chi connectivity index (χ0) is 14.5. The predicted molar refractivity (Wildman–Crippen MR) is 85.4 cm³/mol. The van der Waals surface area contributed by atoms with Gasteiger partial charge in [-0.15, -0.1) is 0 Å². The Morgan fingerprint density at radius 2 is 1.81 bits per heavy atom. The topological polar surface area (TPSA) is 50.7 Å². The summed E-state index contributed by atoms with van der Waals surface area (Å²) in [5, 5.41) is 4.52. The van der Waals surface area contributed by atoms with Gasteiger partial charge in [0.15, 0.2) is 0 Å². The summed E-state index contributed by atoms with van der Waals surface area (Å²) in [7, 11) is 0. The van der Waals surface area contributed by atoms with Crippen molar-refractivity contribution in [1.29, 1.82) is 0 Å². The maximum absolute atomic E-state index is 4.49. The molecule has 0 saturated carbocycles. The first-order valence-electron chi connectivity index (χ1n) is 7.25. The van der Waals surface area contributed by atoms with Gasteiger partial charge in [0.25, 0.3) is 0 Å². The number of nitrogens with zero attached hydrogens (tertiary/aromatic N) is 3. The number of hydrogen-bond donors (Lipinski definition) is 1.